The summed E-state index contributed by atoms with van der Waals surface area (Å²) in [6.07, 6.45) is 1.89. The highest BCUT2D eigenvalue weighted by Crippen LogP contribution is 2.24. The van der Waals surface area contributed by atoms with E-state index in [-0.39, 0.29) is 0 Å². The molecule has 1 N–H and O–H groups in total. The first-order chi connectivity index (χ1) is 5.61. The van der Waals surface area contributed by atoms with Crippen molar-refractivity contribution in [3.63, 3.8) is 0 Å². The van der Waals surface area contributed by atoms with E-state index in [1.807, 2.05) is 38.1 Å². The van der Waals surface area contributed by atoms with Gasteiger partial charge in [0.1, 0.15) is 5.75 Å². The van der Waals surface area contributed by atoms with Crippen LogP contribution < -0.4 is 0 Å². The Kier molecular flexibility index (Phi) is 2.93. The van der Waals surface area contributed by atoms with Gasteiger partial charge in [0, 0.05) is 5.56 Å². The largest absolute Gasteiger partial charge is 0.507 e. The summed E-state index contributed by atoms with van der Waals surface area (Å²) in [4.78, 5) is 0. The van der Waals surface area contributed by atoms with Crippen molar-refractivity contribution < 1.29 is 5.11 Å². The van der Waals surface area contributed by atoms with Gasteiger partial charge in [0.05, 0.1) is 0 Å². The van der Waals surface area contributed by atoms with E-state index in [1.165, 1.54) is 0 Å². The molecule has 0 aliphatic carbocycles. The molecule has 0 aliphatic heterocycles. The standard InChI is InChI=1S/C10H11BrO/c1-7-4-3-5-9(10(7)12)6-8(2)11/h3-6,12H,1-2H3. The monoisotopic (exact) mass is 226 g/mol. The first-order valence-corrected chi connectivity index (χ1v) is 4.53. The van der Waals surface area contributed by atoms with Crippen LogP contribution in [0.5, 0.6) is 5.75 Å². The first-order valence-electron chi connectivity index (χ1n) is 3.73. The second-order valence-electron chi connectivity index (χ2n) is 2.74. The molecule has 0 spiro atoms. The van der Waals surface area contributed by atoms with Crippen LogP contribution in [-0.2, 0) is 0 Å². The van der Waals surface area contributed by atoms with Crippen LogP contribution in [0, 0.1) is 6.92 Å². The SMILES string of the molecule is CC(Br)=Cc1cccc(C)c1O. The lowest BCUT2D eigenvalue weighted by Crippen LogP contribution is -1.78. The van der Waals surface area contributed by atoms with Crippen LogP contribution in [0.3, 0.4) is 0 Å². The van der Waals surface area contributed by atoms with Gasteiger partial charge in [-0.2, -0.15) is 0 Å². The molecule has 0 aliphatic rings. The third-order valence-electron chi connectivity index (χ3n) is 1.62. The molecule has 1 rings (SSSR count). The summed E-state index contributed by atoms with van der Waals surface area (Å²) in [5.74, 6) is 0.358. The fraction of sp³-hybridized carbons (Fsp3) is 0.200. The summed E-state index contributed by atoms with van der Waals surface area (Å²) in [5.41, 5.74) is 1.75. The van der Waals surface area contributed by atoms with Gasteiger partial charge in [0.2, 0.25) is 0 Å². The van der Waals surface area contributed by atoms with E-state index in [4.69, 9.17) is 0 Å². The number of phenols is 1. The van der Waals surface area contributed by atoms with E-state index >= 15 is 0 Å². The molecule has 1 nitrogen and oxygen atoms in total. The Bertz CT molecular complexity index is 312. The average Bonchev–Trinajstić information content (AvgIpc) is 1.98. The van der Waals surface area contributed by atoms with Gasteiger partial charge in [-0.05, 0) is 30.0 Å². The normalized spacial score (nSPS) is 11.8. The third kappa shape index (κ3) is 2.11. The maximum atomic E-state index is 9.58. The van der Waals surface area contributed by atoms with Gasteiger partial charge in [-0.15, -0.1) is 0 Å². The molecule has 0 heterocycles. The highest BCUT2D eigenvalue weighted by Gasteiger charge is 1.99. The van der Waals surface area contributed by atoms with E-state index in [2.05, 4.69) is 15.9 Å². The van der Waals surface area contributed by atoms with E-state index in [1.54, 1.807) is 0 Å². The molecule has 0 saturated carbocycles. The summed E-state index contributed by atoms with van der Waals surface area (Å²) in [7, 11) is 0. The minimum Gasteiger partial charge on any atom is -0.507 e. The summed E-state index contributed by atoms with van der Waals surface area (Å²) in [5, 5.41) is 9.58. The van der Waals surface area contributed by atoms with E-state index < -0.39 is 0 Å². The lowest BCUT2D eigenvalue weighted by atomic mass is 10.1. The van der Waals surface area contributed by atoms with Gasteiger partial charge >= 0.3 is 0 Å². The molecule has 0 saturated heterocycles. The van der Waals surface area contributed by atoms with Crippen LogP contribution in [0.2, 0.25) is 0 Å². The summed E-state index contributed by atoms with van der Waals surface area (Å²) in [6, 6.07) is 5.69. The van der Waals surface area contributed by atoms with Crippen LogP contribution >= 0.6 is 15.9 Å². The van der Waals surface area contributed by atoms with Crippen molar-refractivity contribution in [2.75, 3.05) is 0 Å². The van der Waals surface area contributed by atoms with Crippen LogP contribution in [0.15, 0.2) is 22.7 Å². The van der Waals surface area contributed by atoms with E-state index in [0.29, 0.717) is 5.75 Å². The molecule has 0 unspecified atom stereocenters. The number of hydrogen-bond donors (Lipinski definition) is 1. The Balaban J connectivity index is 3.17. The molecule has 0 radical (unpaired) electrons. The predicted molar refractivity (Wildman–Crippen MR) is 55.4 cm³/mol. The molecule has 0 bridgehead atoms. The second kappa shape index (κ2) is 3.76. The summed E-state index contributed by atoms with van der Waals surface area (Å²) in [6.45, 7) is 3.82. The fourth-order valence-corrected chi connectivity index (χ4v) is 1.26. The van der Waals surface area contributed by atoms with Crippen LogP contribution in [0.25, 0.3) is 6.08 Å². The molecule has 0 aromatic heterocycles. The zero-order valence-electron chi connectivity index (χ0n) is 7.13. The zero-order valence-corrected chi connectivity index (χ0v) is 8.72. The van der Waals surface area contributed by atoms with Crippen molar-refractivity contribution in [1.82, 2.24) is 0 Å². The number of halogens is 1. The highest BCUT2D eigenvalue weighted by molar-refractivity contribution is 9.11. The summed E-state index contributed by atoms with van der Waals surface area (Å²) < 4.78 is 1.00. The molecular weight excluding hydrogens is 216 g/mol. The van der Waals surface area contributed by atoms with Gasteiger partial charge in [-0.25, -0.2) is 0 Å². The number of benzene rings is 1. The molecule has 0 amide bonds. The van der Waals surface area contributed by atoms with E-state index in [0.717, 1.165) is 15.6 Å². The number of rotatable bonds is 1. The van der Waals surface area contributed by atoms with Crippen molar-refractivity contribution in [2.45, 2.75) is 13.8 Å². The lowest BCUT2D eigenvalue weighted by molar-refractivity contribution is 0.470. The number of para-hydroxylation sites is 1. The Morgan fingerprint density at radius 1 is 1.50 bits per heavy atom. The van der Waals surface area contributed by atoms with Gasteiger partial charge in [0.15, 0.2) is 0 Å². The maximum absolute atomic E-state index is 9.58. The highest BCUT2D eigenvalue weighted by atomic mass is 79.9. The first kappa shape index (κ1) is 9.33. The average molecular weight is 227 g/mol. The Labute approximate surface area is 80.9 Å². The predicted octanol–water partition coefficient (Wildman–Crippen LogP) is 3.46. The zero-order chi connectivity index (χ0) is 9.14. The minimum absolute atomic E-state index is 0.358. The van der Waals surface area contributed by atoms with Gasteiger partial charge in [-0.3, -0.25) is 0 Å². The second-order valence-corrected chi connectivity index (χ2v) is 3.99. The number of aromatic hydroxyl groups is 1. The Morgan fingerprint density at radius 2 is 2.17 bits per heavy atom. The molecule has 1 aromatic carbocycles. The van der Waals surface area contributed by atoms with Gasteiger partial charge in [0.25, 0.3) is 0 Å². The van der Waals surface area contributed by atoms with Gasteiger partial charge in [-0.1, -0.05) is 34.1 Å². The Hall–Kier alpha value is -0.760. The molecular formula is C10H11BrO. The van der Waals surface area contributed by atoms with Crippen LogP contribution in [0.4, 0.5) is 0 Å². The summed E-state index contributed by atoms with van der Waals surface area (Å²) >= 11 is 3.32. The molecule has 12 heavy (non-hydrogen) atoms. The number of aryl methyl sites for hydroxylation is 1. The van der Waals surface area contributed by atoms with Gasteiger partial charge < -0.3 is 5.11 Å². The molecule has 64 valence electrons. The van der Waals surface area contributed by atoms with Crippen LogP contribution in [-0.4, -0.2) is 5.11 Å². The van der Waals surface area contributed by atoms with E-state index in [9.17, 15) is 5.11 Å². The van der Waals surface area contributed by atoms with Crippen molar-refractivity contribution >= 4 is 22.0 Å². The van der Waals surface area contributed by atoms with Crippen molar-refractivity contribution in [2.24, 2.45) is 0 Å². The smallest absolute Gasteiger partial charge is 0.125 e. The van der Waals surface area contributed by atoms with Crippen molar-refractivity contribution in [1.29, 1.82) is 0 Å². The molecule has 1 aromatic rings. The maximum Gasteiger partial charge on any atom is 0.125 e. The van der Waals surface area contributed by atoms with Crippen LogP contribution in [0.1, 0.15) is 18.1 Å². The Morgan fingerprint density at radius 3 is 2.75 bits per heavy atom. The lowest BCUT2D eigenvalue weighted by Gasteiger charge is -2.01. The quantitative estimate of drug-likeness (QED) is 0.778. The topological polar surface area (TPSA) is 20.2 Å². The minimum atomic E-state index is 0.358. The third-order valence-corrected chi connectivity index (χ3v) is 1.85. The van der Waals surface area contributed by atoms with Crippen molar-refractivity contribution in [3.05, 3.63) is 33.8 Å². The fourth-order valence-electron chi connectivity index (χ4n) is 1.01. The number of allylic oxidation sites excluding steroid dienone is 1. The molecule has 2 heteroatoms. The molecule has 0 fully saturated rings. The number of phenolic OH excluding ortho intramolecular Hbond substituents is 1. The molecule has 0 atom stereocenters. The van der Waals surface area contributed by atoms with Crippen molar-refractivity contribution in [3.8, 4) is 5.75 Å². The number of hydrogen-bond acceptors (Lipinski definition) is 1.